The monoisotopic (exact) mass is 157 g/mol. The molecule has 1 radical (unpaired) electrons. The highest BCUT2D eigenvalue weighted by molar-refractivity contribution is 5.77. The van der Waals surface area contributed by atoms with Crippen LogP contribution in [-0.4, -0.2) is 24.8 Å². The third-order valence-electron chi connectivity index (χ3n) is 1.22. The largest absolute Gasteiger partial charge is 0.346 e. The second kappa shape index (κ2) is 5.85. The van der Waals surface area contributed by atoms with Crippen LogP contribution >= 0.6 is 0 Å². The van der Waals surface area contributed by atoms with Crippen molar-refractivity contribution in [2.24, 2.45) is 5.73 Å². The first kappa shape index (κ1) is 10.1. The predicted molar refractivity (Wildman–Crippen MR) is 41.6 cm³/mol. The van der Waals surface area contributed by atoms with Crippen molar-refractivity contribution in [3.8, 4) is 0 Å². The molecule has 0 aliphatic heterocycles. The first-order chi connectivity index (χ1) is 5.20. The molecule has 0 aliphatic carbocycles. The fourth-order valence-electron chi connectivity index (χ4n) is 0.728. The van der Waals surface area contributed by atoms with Gasteiger partial charge in [0.25, 0.3) is 0 Å². The van der Waals surface area contributed by atoms with Gasteiger partial charge in [-0.2, -0.15) is 0 Å². The van der Waals surface area contributed by atoms with Crippen LogP contribution < -0.4 is 11.1 Å². The molecule has 0 aromatic heterocycles. The normalized spacial score (nSPS) is 12.2. The SMILES string of the molecule is CC(=O)N[C@@H]([C]=O)CCCN. The second-order valence-corrected chi connectivity index (χ2v) is 2.30. The Kier molecular flexibility index (Phi) is 5.37. The zero-order valence-electron chi connectivity index (χ0n) is 6.59. The van der Waals surface area contributed by atoms with Crippen LogP contribution in [-0.2, 0) is 9.59 Å². The fraction of sp³-hybridized carbons (Fsp3) is 0.714. The molecule has 0 saturated carbocycles. The molecule has 0 bridgehead atoms. The number of hydrogen-bond acceptors (Lipinski definition) is 3. The smallest absolute Gasteiger partial charge is 0.222 e. The maximum Gasteiger partial charge on any atom is 0.222 e. The number of rotatable bonds is 5. The minimum Gasteiger partial charge on any atom is -0.346 e. The molecule has 3 N–H and O–H groups in total. The Labute approximate surface area is 66.1 Å². The highest BCUT2D eigenvalue weighted by atomic mass is 16.2. The molecular formula is C7H13N2O2. The number of hydrogen-bond donors (Lipinski definition) is 2. The molecule has 0 heterocycles. The molecule has 4 nitrogen and oxygen atoms in total. The summed E-state index contributed by atoms with van der Waals surface area (Å²) in [7, 11) is 0. The molecule has 0 fully saturated rings. The van der Waals surface area contributed by atoms with Crippen LogP contribution in [0.15, 0.2) is 0 Å². The van der Waals surface area contributed by atoms with Crippen LogP contribution in [0.25, 0.3) is 0 Å². The summed E-state index contributed by atoms with van der Waals surface area (Å²) in [4.78, 5) is 20.6. The van der Waals surface area contributed by atoms with E-state index in [1.807, 2.05) is 0 Å². The maximum atomic E-state index is 10.5. The molecule has 11 heavy (non-hydrogen) atoms. The molecule has 0 unspecified atom stereocenters. The lowest BCUT2D eigenvalue weighted by atomic mass is 10.2. The van der Waals surface area contributed by atoms with Gasteiger partial charge in [0.05, 0.1) is 6.04 Å². The molecule has 0 aromatic carbocycles. The minimum absolute atomic E-state index is 0.213. The van der Waals surface area contributed by atoms with Gasteiger partial charge in [0, 0.05) is 6.92 Å². The summed E-state index contributed by atoms with van der Waals surface area (Å²) in [6, 6.07) is -0.490. The lowest BCUT2D eigenvalue weighted by molar-refractivity contribution is -0.119. The van der Waals surface area contributed by atoms with Gasteiger partial charge < -0.3 is 11.1 Å². The molecule has 4 heteroatoms. The van der Waals surface area contributed by atoms with E-state index in [0.29, 0.717) is 13.0 Å². The summed E-state index contributed by atoms with van der Waals surface area (Å²) in [6.07, 6.45) is 3.02. The Morgan fingerprint density at radius 1 is 1.73 bits per heavy atom. The molecule has 63 valence electrons. The predicted octanol–water partition coefficient (Wildman–Crippen LogP) is -0.660. The number of carbonyl (C=O) groups is 1. The lowest BCUT2D eigenvalue weighted by Gasteiger charge is -2.08. The number of nitrogens with two attached hydrogens (primary N) is 1. The van der Waals surface area contributed by atoms with Gasteiger partial charge in [-0.1, -0.05) is 0 Å². The van der Waals surface area contributed by atoms with E-state index < -0.39 is 6.04 Å². The Morgan fingerprint density at radius 3 is 2.73 bits per heavy atom. The number of carbonyl (C=O) groups excluding carboxylic acids is 2. The van der Waals surface area contributed by atoms with Gasteiger partial charge >= 0.3 is 0 Å². The fourth-order valence-corrected chi connectivity index (χ4v) is 0.728. The van der Waals surface area contributed by atoms with Gasteiger partial charge in [-0.05, 0) is 19.4 Å². The Bertz CT molecular complexity index is 136. The maximum absolute atomic E-state index is 10.5. The zero-order valence-corrected chi connectivity index (χ0v) is 6.59. The van der Waals surface area contributed by atoms with Crippen LogP contribution in [0.5, 0.6) is 0 Å². The first-order valence-corrected chi connectivity index (χ1v) is 3.55. The topological polar surface area (TPSA) is 72.2 Å². The molecule has 1 atom stereocenters. The molecule has 0 aromatic rings. The first-order valence-electron chi connectivity index (χ1n) is 3.55. The summed E-state index contributed by atoms with van der Waals surface area (Å²) < 4.78 is 0. The van der Waals surface area contributed by atoms with Crippen molar-refractivity contribution >= 4 is 12.2 Å². The standard InChI is InChI=1S/C7H13N2O2/c1-6(11)9-7(5-10)3-2-4-8/h7H,2-4,8H2,1H3,(H,9,11)/t7-/m1/s1. The van der Waals surface area contributed by atoms with E-state index in [9.17, 15) is 9.59 Å². The van der Waals surface area contributed by atoms with Gasteiger partial charge in [-0.25, -0.2) is 0 Å². The Hall–Kier alpha value is -0.900. The quantitative estimate of drug-likeness (QED) is 0.556. The minimum atomic E-state index is -0.490. The van der Waals surface area contributed by atoms with Gasteiger partial charge in [-0.15, -0.1) is 0 Å². The third kappa shape index (κ3) is 5.54. The van der Waals surface area contributed by atoms with E-state index in [2.05, 4.69) is 5.32 Å². The van der Waals surface area contributed by atoms with Crippen molar-refractivity contribution in [3.63, 3.8) is 0 Å². The highest BCUT2D eigenvalue weighted by Crippen LogP contribution is 1.91. The van der Waals surface area contributed by atoms with Crippen molar-refractivity contribution in [3.05, 3.63) is 0 Å². The van der Waals surface area contributed by atoms with E-state index >= 15 is 0 Å². The summed E-state index contributed by atoms with van der Waals surface area (Å²) in [6.45, 7) is 1.89. The molecule has 0 rings (SSSR count). The lowest BCUT2D eigenvalue weighted by Crippen LogP contribution is -2.34. The van der Waals surface area contributed by atoms with E-state index in [-0.39, 0.29) is 5.91 Å². The van der Waals surface area contributed by atoms with Crippen molar-refractivity contribution in [1.82, 2.24) is 5.32 Å². The van der Waals surface area contributed by atoms with Gasteiger partial charge in [0.1, 0.15) is 0 Å². The highest BCUT2D eigenvalue weighted by Gasteiger charge is 2.07. The van der Waals surface area contributed by atoms with Gasteiger partial charge in [0.2, 0.25) is 12.2 Å². The van der Waals surface area contributed by atoms with Gasteiger partial charge in [0.15, 0.2) is 0 Å². The average molecular weight is 157 g/mol. The molecule has 0 spiro atoms. The summed E-state index contributed by atoms with van der Waals surface area (Å²) >= 11 is 0. The Balaban J connectivity index is 3.57. The molecular weight excluding hydrogens is 144 g/mol. The molecule has 0 saturated heterocycles. The molecule has 1 amide bonds. The Morgan fingerprint density at radius 2 is 2.36 bits per heavy atom. The number of amides is 1. The number of nitrogens with one attached hydrogen (secondary N) is 1. The average Bonchev–Trinajstić information content (AvgIpc) is 1.97. The summed E-state index contributed by atoms with van der Waals surface area (Å²) in [5, 5.41) is 2.45. The van der Waals surface area contributed by atoms with Crippen molar-refractivity contribution in [2.75, 3.05) is 6.54 Å². The van der Waals surface area contributed by atoms with Crippen LogP contribution in [0, 0.1) is 0 Å². The van der Waals surface area contributed by atoms with E-state index in [0.717, 1.165) is 6.42 Å². The summed E-state index contributed by atoms with van der Waals surface area (Å²) in [5.41, 5.74) is 5.22. The summed E-state index contributed by atoms with van der Waals surface area (Å²) in [5.74, 6) is -0.213. The van der Waals surface area contributed by atoms with Crippen LogP contribution in [0.4, 0.5) is 0 Å². The van der Waals surface area contributed by atoms with Crippen molar-refractivity contribution in [2.45, 2.75) is 25.8 Å². The van der Waals surface area contributed by atoms with E-state index in [4.69, 9.17) is 5.73 Å². The second-order valence-electron chi connectivity index (χ2n) is 2.30. The molecule has 0 aliphatic rings. The van der Waals surface area contributed by atoms with E-state index in [1.165, 1.54) is 6.92 Å². The van der Waals surface area contributed by atoms with Crippen LogP contribution in [0.3, 0.4) is 0 Å². The van der Waals surface area contributed by atoms with Crippen molar-refractivity contribution in [1.29, 1.82) is 0 Å². The van der Waals surface area contributed by atoms with Crippen LogP contribution in [0.1, 0.15) is 19.8 Å². The van der Waals surface area contributed by atoms with E-state index in [1.54, 1.807) is 6.29 Å². The van der Waals surface area contributed by atoms with Gasteiger partial charge in [-0.3, -0.25) is 9.59 Å². The van der Waals surface area contributed by atoms with Crippen LogP contribution in [0.2, 0.25) is 0 Å². The van der Waals surface area contributed by atoms with Crippen molar-refractivity contribution < 1.29 is 9.59 Å². The zero-order chi connectivity index (χ0) is 8.69. The third-order valence-corrected chi connectivity index (χ3v) is 1.22.